The third-order valence-corrected chi connectivity index (χ3v) is 8.06. The number of guanidine groups is 1. The fourth-order valence-corrected chi connectivity index (χ4v) is 5.97. The fourth-order valence-electron chi connectivity index (χ4n) is 4.13. The lowest BCUT2D eigenvalue weighted by Gasteiger charge is -2.34. The van der Waals surface area contributed by atoms with E-state index in [1.54, 1.807) is 54.4 Å². The van der Waals surface area contributed by atoms with Crippen LogP contribution in [0.1, 0.15) is 31.3 Å². The highest BCUT2D eigenvalue weighted by Crippen LogP contribution is 2.28. The van der Waals surface area contributed by atoms with Gasteiger partial charge in [-0.25, -0.2) is 24.8 Å². The van der Waals surface area contributed by atoms with Crippen molar-refractivity contribution in [1.29, 1.82) is 0 Å². The predicted molar refractivity (Wildman–Crippen MR) is 177 cm³/mol. The summed E-state index contributed by atoms with van der Waals surface area (Å²) in [6, 6.07) is 8.01. The number of anilines is 1. The monoisotopic (exact) mass is 772 g/mol. The quantitative estimate of drug-likeness (QED) is 0.186. The first-order chi connectivity index (χ1) is 21.9. The van der Waals surface area contributed by atoms with E-state index in [9.17, 15) is 19.7 Å². The highest BCUT2D eigenvalue weighted by atomic mass is 79.9. The average molecular weight is 775 g/mol. The van der Waals surface area contributed by atoms with Gasteiger partial charge >= 0.3 is 0 Å². The number of hydrogen-bond donors (Lipinski definition) is 2. The number of nitrogens with one attached hydrogen (secondary N) is 2. The summed E-state index contributed by atoms with van der Waals surface area (Å²) in [6.07, 6.45) is 3.18. The summed E-state index contributed by atoms with van der Waals surface area (Å²) >= 11 is 22.6. The molecule has 0 unspecified atom stereocenters. The molecule has 0 bridgehead atoms. The molecule has 0 saturated carbocycles. The van der Waals surface area contributed by atoms with Crippen molar-refractivity contribution in [3.63, 3.8) is 0 Å². The van der Waals surface area contributed by atoms with Crippen LogP contribution in [-0.4, -0.2) is 79.9 Å². The number of hydrogen-bond acceptors (Lipinski definition) is 9. The minimum Gasteiger partial charge on any atom is -0.355 e. The maximum atomic E-state index is 13.0. The summed E-state index contributed by atoms with van der Waals surface area (Å²) in [7, 11) is 3.17. The van der Waals surface area contributed by atoms with E-state index in [0.717, 1.165) is 4.88 Å². The number of aromatic nitrogens is 4. The number of nitrogens with zero attached hydrogens (tertiary/aromatic N) is 8. The van der Waals surface area contributed by atoms with Gasteiger partial charge in [-0.1, -0.05) is 34.8 Å². The molecule has 242 valence electrons. The molecule has 5 rings (SSSR count). The minimum atomic E-state index is -0.718. The van der Waals surface area contributed by atoms with Gasteiger partial charge in [0, 0.05) is 42.5 Å². The Hall–Kier alpha value is -3.87. The summed E-state index contributed by atoms with van der Waals surface area (Å²) in [4.78, 5) is 47.9. The van der Waals surface area contributed by atoms with Gasteiger partial charge in [-0.05, 0) is 52.7 Å². The first kappa shape index (κ1) is 35.0. The molecule has 2 amide bonds. The van der Waals surface area contributed by atoms with Crippen LogP contribution in [0, 0.1) is 17.0 Å². The van der Waals surface area contributed by atoms with E-state index in [1.807, 2.05) is 0 Å². The number of amides is 2. The second-order valence-electron chi connectivity index (χ2n) is 9.33. The Balaban J connectivity index is 0.000000230. The Morgan fingerprint density at radius 3 is 2.61 bits per heavy atom. The average Bonchev–Trinajstić information content (AvgIpc) is 3.60. The minimum absolute atomic E-state index is 0.185. The van der Waals surface area contributed by atoms with Crippen LogP contribution in [0.4, 0.5) is 5.69 Å². The summed E-state index contributed by atoms with van der Waals surface area (Å²) < 4.78 is 7.47. The first-order valence-electron chi connectivity index (χ1n) is 12.9. The number of ether oxygens (including phenoxy) is 1. The zero-order chi connectivity index (χ0) is 33.5. The third-order valence-electron chi connectivity index (χ3n) is 6.06. The van der Waals surface area contributed by atoms with Crippen molar-refractivity contribution < 1.29 is 19.4 Å². The molecule has 1 fully saturated rings. The van der Waals surface area contributed by atoms with Gasteiger partial charge in [0.1, 0.15) is 28.9 Å². The predicted octanol–water partition coefficient (Wildman–Crippen LogP) is 5.28. The number of hydrazone groups is 1. The van der Waals surface area contributed by atoms with Crippen molar-refractivity contribution in [1.82, 2.24) is 34.9 Å². The van der Waals surface area contributed by atoms with E-state index < -0.39 is 10.9 Å². The molecule has 4 heterocycles. The molecular formula is C26H24BrCl3N10O5S. The van der Waals surface area contributed by atoms with Gasteiger partial charge in [0.25, 0.3) is 17.8 Å². The molecule has 0 spiro atoms. The molecule has 4 aromatic rings. The number of nitro groups is 1. The standard InChI is InChI=1S/C18H14BrCl2N5O2.C8H10ClN5O3S/c1-9-6-10(20)7-11(17(27)22-2)15(9)24-18(28)13-8-14(19)25-26(13)16-12(21)4-3-5-23-16;1-12-4-17-5-13(8(12)11-14(15)16)3-6-2-10-7(9)18-6/h3-8H,1-2H3,(H,22,27)(H,24,28);2H,3-5H2,1H3/b;11-8+. The number of aryl methyl sites for hydroxylation is 1. The molecule has 20 heteroatoms. The molecule has 1 aliphatic rings. The zero-order valence-electron chi connectivity index (χ0n) is 24.2. The van der Waals surface area contributed by atoms with Gasteiger partial charge in [0.2, 0.25) is 0 Å². The molecule has 1 saturated heterocycles. The lowest BCUT2D eigenvalue weighted by molar-refractivity contribution is -0.486. The molecule has 46 heavy (non-hydrogen) atoms. The maximum Gasteiger partial charge on any atom is 0.277 e. The van der Waals surface area contributed by atoms with Crippen molar-refractivity contribution in [3.05, 3.63) is 93.7 Å². The van der Waals surface area contributed by atoms with Crippen molar-refractivity contribution in [3.8, 4) is 5.82 Å². The maximum absolute atomic E-state index is 13.0. The Morgan fingerprint density at radius 2 is 1.96 bits per heavy atom. The SMILES string of the molecule is CN1COCN(Cc2cnc(Cl)s2)/C1=N/[N+](=O)[O-].CNC(=O)c1cc(Cl)cc(C)c1NC(=O)c1cc(Br)nn1-c1ncccc1Cl. The molecule has 1 aromatic carbocycles. The Morgan fingerprint density at radius 1 is 1.20 bits per heavy atom. The van der Waals surface area contributed by atoms with Gasteiger partial charge in [-0.15, -0.1) is 11.3 Å². The van der Waals surface area contributed by atoms with Crippen LogP contribution in [-0.2, 0) is 11.3 Å². The van der Waals surface area contributed by atoms with E-state index in [0.29, 0.717) is 42.7 Å². The van der Waals surface area contributed by atoms with Crippen LogP contribution < -0.4 is 10.6 Å². The molecule has 1 aliphatic heterocycles. The van der Waals surface area contributed by atoms with E-state index in [1.165, 1.54) is 35.2 Å². The smallest absolute Gasteiger partial charge is 0.277 e. The largest absolute Gasteiger partial charge is 0.355 e. The van der Waals surface area contributed by atoms with Gasteiger partial charge in [0.15, 0.2) is 15.3 Å². The first-order valence-corrected chi connectivity index (χ1v) is 15.7. The van der Waals surface area contributed by atoms with Gasteiger partial charge in [-0.3, -0.25) is 9.59 Å². The summed E-state index contributed by atoms with van der Waals surface area (Å²) in [5.74, 6) is -0.297. The summed E-state index contributed by atoms with van der Waals surface area (Å²) in [5.41, 5.74) is 1.43. The summed E-state index contributed by atoms with van der Waals surface area (Å²) in [6.45, 7) is 2.68. The van der Waals surface area contributed by atoms with Gasteiger partial charge < -0.3 is 25.2 Å². The fraction of sp³-hybridized carbons (Fsp3) is 0.231. The second-order valence-corrected chi connectivity index (χ2v) is 12.7. The van der Waals surface area contributed by atoms with Gasteiger partial charge in [0.05, 0.1) is 22.8 Å². The molecule has 0 atom stereocenters. The van der Waals surface area contributed by atoms with E-state index >= 15 is 0 Å². The zero-order valence-corrected chi connectivity index (χ0v) is 28.9. The number of carbonyl (C=O) groups is 2. The van der Waals surface area contributed by atoms with Gasteiger partial charge in [-0.2, -0.15) is 5.10 Å². The van der Waals surface area contributed by atoms with Crippen LogP contribution in [0.5, 0.6) is 0 Å². The molecule has 3 aromatic heterocycles. The van der Waals surface area contributed by atoms with Crippen LogP contribution in [0.3, 0.4) is 0 Å². The van der Waals surface area contributed by atoms with Crippen molar-refractivity contribution in [2.75, 3.05) is 32.9 Å². The highest BCUT2D eigenvalue weighted by molar-refractivity contribution is 9.10. The molecule has 0 radical (unpaired) electrons. The number of benzene rings is 1. The van der Waals surface area contributed by atoms with Crippen LogP contribution in [0.2, 0.25) is 14.5 Å². The molecule has 15 nitrogen and oxygen atoms in total. The second kappa shape index (κ2) is 15.6. The lowest BCUT2D eigenvalue weighted by atomic mass is 10.1. The van der Waals surface area contributed by atoms with E-state index in [-0.39, 0.29) is 36.6 Å². The van der Waals surface area contributed by atoms with Crippen LogP contribution in [0.15, 0.2) is 52.4 Å². The van der Waals surface area contributed by atoms with Crippen LogP contribution in [0.25, 0.3) is 5.82 Å². The number of halogens is 4. The summed E-state index contributed by atoms with van der Waals surface area (Å²) in [5, 5.41) is 23.4. The van der Waals surface area contributed by atoms with Crippen molar-refractivity contribution in [2.24, 2.45) is 5.10 Å². The molecule has 2 N–H and O–H groups in total. The Bertz CT molecular complexity index is 1800. The topological polar surface area (TPSA) is 173 Å². The van der Waals surface area contributed by atoms with E-state index in [4.69, 9.17) is 39.5 Å². The third kappa shape index (κ3) is 8.68. The lowest BCUT2D eigenvalue weighted by Crippen LogP contribution is -2.49. The van der Waals surface area contributed by atoms with E-state index in [2.05, 4.69) is 46.7 Å². The number of rotatable bonds is 7. The number of thiazole rings is 1. The number of carbonyl (C=O) groups excluding carboxylic acids is 2. The van der Waals surface area contributed by atoms with Crippen molar-refractivity contribution in [2.45, 2.75) is 13.5 Å². The van der Waals surface area contributed by atoms with Crippen molar-refractivity contribution >= 4 is 85.5 Å². The highest BCUT2D eigenvalue weighted by Gasteiger charge is 2.26. The Kier molecular flexibility index (Phi) is 11.9. The molecular weight excluding hydrogens is 751 g/mol. The van der Waals surface area contributed by atoms with Crippen LogP contribution >= 0.6 is 62.1 Å². The Labute approximate surface area is 289 Å². The normalized spacial score (nSPS) is 13.7. The molecule has 0 aliphatic carbocycles. The number of pyridine rings is 1.